The van der Waals surface area contributed by atoms with Crippen LogP contribution in [0.1, 0.15) is 28.7 Å². The summed E-state index contributed by atoms with van der Waals surface area (Å²) in [6, 6.07) is 3.08. The molecule has 9 heteroatoms. The van der Waals surface area contributed by atoms with Gasteiger partial charge in [-0.15, -0.1) is 0 Å². The zero-order chi connectivity index (χ0) is 16.9. The van der Waals surface area contributed by atoms with E-state index in [1.807, 2.05) is 0 Å². The molecule has 4 heterocycles. The monoisotopic (exact) mass is 335 g/mol. The van der Waals surface area contributed by atoms with Crippen molar-refractivity contribution in [2.24, 2.45) is 0 Å². The number of imidazole rings is 1. The molecule has 0 aromatic carbocycles. The Bertz CT molecular complexity index is 913. The molecule has 0 saturated heterocycles. The fraction of sp³-hybridized carbons (Fsp3) is 0.267. The zero-order valence-corrected chi connectivity index (χ0v) is 12.3. The molecule has 0 fully saturated rings. The number of hydrogen-bond acceptors (Lipinski definition) is 3. The van der Waals surface area contributed by atoms with Crippen LogP contribution in [0.3, 0.4) is 0 Å². The average molecular weight is 335 g/mol. The number of carbonyl (C=O) groups excluding carboxylic acids is 1. The van der Waals surface area contributed by atoms with Gasteiger partial charge in [-0.2, -0.15) is 18.3 Å². The predicted octanol–water partition coefficient (Wildman–Crippen LogP) is 2.18. The van der Waals surface area contributed by atoms with Crippen LogP contribution in [0.25, 0.3) is 5.52 Å². The third kappa shape index (κ3) is 2.15. The minimum Gasteiger partial charge on any atom is -0.348 e. The highest BCUT2D eigenvalue weighted by molar-refractivity contribution is 5.59. The SMILES string of the molecule is O=CN1CCc2[nH]cnc2C1c1cc2c(C(F)(F)F)cccn2n1. The molecule has 3 aromatic rings. The molecule has 124 valence electrons. The molecule has 0 radical (unpaired) electrons. The Kier molecular flexibility index (Phi) is 3.12. The lowest BCUT2D eigenvalue weighted by Crippen LogP contribution is -2.35. The standard InChI is InChI=1S/C15H12F3N5O/c16-15(17,18)9-2-1-4-23-12(9)6-11(21-23)14-13-10(19-7-20-13)3-5-22(14)8-24/h1-2,4,6-8,14H,3,5H2,(H,19,20). The summed E-state index contributed by atoms with van der Waals surface area (Å²) in [5.41, 5.74) is 1.02. The minimum absolute atomic E-state index is 0.0477. The second kappa shape index (κ2) is 5.08. The highest BCUT2D eigenvalue weighted by atomic mass is 19.4. The fourth-order valence-electron chi connectivity index (χ4n) is 3.13. The lowest BCUT2D eigenvalue weighted by atomic mass is 10.0. The van der Waals surface area contributed by atoms with Gasteiger partial charge < -0.3 is 9.88 Å². The van der Waals surface area contributed by atoms with Crippen LogP contribution in [0.4, 0.5) is 13.2 Å². The van der Waals surface area contributed by atoms with E-state index < -0.39 is 17.8 Å². The lowest BCUT2D eigenvalue weighted by molar-refractivity contribution is -0.136. The number of aromatic nitrogens is 4. The third-order valence-corrected chi connectivity index (χ3v) is 4.20. The summed E-state index contributed by atoms with van der Waals surface area (Å²) in [6.45, 7) is 0.448. The Morgan fingerprint density at radius 2 is 2.21 bits per heavy atom. The van der Waals surface area contributed by atoms with Crippen molar-refractivity contribution in [3.05, 3.63) is 53.4 Å². The molecule has 1 aliphatic rings. The highest BCUT2D eigenvalue weighted by Gasteiger charge is 2.36. The maximum atomic E-state index is 13.2. The molecule has 1 atom stereocenters. The number of aromatic amines is 1. The summed E-state index contributed by atoms with van der Waals surface area (Å²) in [6.07, 6.45) is -0.215. The Balaban J connectivity index is 1.89. The molecule has 6 nitrogen and oxygen atoms in total. The van der Waals surface area contributed by atoms with E-state index in [0.29, 0.717) is 30.8 Å². The lowest BCUT2D eigenvalue weighted by Gasteiger charge is -2.30. The molecule has 0 bridgehead atoms. The normalized spacial score (nSPS) is 18.0. The quantitative estimate of drug-likeness (QED) is 0.730. The van der Waals surface area contributed by atoms with Gasteiger partial charge in [-0.25, -0.2) is 9.50 Å². The number of H-pyrrole nitrogens is 1. The number of hydrogen-bond donors (Lipinski definition) is 1. The molecule has 1 N–H and O–H groups in total. The number of carbonyl (C=O) groups is 1. The Hall–Kier alpha value is -2.84. The molecule has 1 unspecified atom stereocenters. The molecular formula is C15H12F3N5O. The van der Waals surface area contributed by atoms with Gasteiger partial charge in [0.15, 0.2) is 0 Å². The van der Waals surface area contributed by atoms with Gasteiger partial charge >= 0.3 is 6.18 Å². The van der Waals surface area contributed by atoms with Crippen molar-refractivity contribution in [1.29, 1.82) is 0 Å². The van der Waals surface area contributed by atoms with E-state index in [1.165, 1.54) is 34.1 Å². The summed E-state index contributed by atoms with van der Waals surface area (Å²) in [5, 5.41) is 4.25. The third-order valence-electron chi connectivity index (χ3n) is 4.20. The van der Waals surface area contributed by atoms with Gasteiger partial charge in [0.2, 0.25) is 6.41 Å². The van der Waals surface area contributed by atoms with E-state index in [4.69, 9.17) is 0 Å². The van der Waals surface area contributed by atoms with Crippen molar-refractivity contribution < 1.29 is 18.0 Å². The topological polar surface area (TPSA) is 66.3 Å². The summed E-state index contributed by atoms with van der Waals surface area (Å²) in [5.74, 6) is 0. The summed E-state index contributed by atoms with van der Waals surface area (Å²) < 4.78 is 40.7. The maximum absolute atomic E-state index is 13.2. The molecule has 0 aliphatic carbocycles. The molecular weight excluding hydrogens is 323 g/mol. The molecule has 24 heavy (non-hydrogen) atoms. The van der Waals surface area contributed by atoms with Crippen molar-refractivity contribution in [3.8, 4) is 0 Å². The number of fused-ring (bicyclic) bond motifs is 2. The second-order valence-electron chi connectivity index (χ2n) is 5.58. The Morgan fingerprint density at radius 3 is 2.96 bits per heavy atom. The Morgan fingerprint density at radius 1 is 1.38 bits per heavy atom. The molecule has 0 saturated carbocycles. The van der Waals surface area contributed by atoms with Crippen LogP contribution in [0.5, 0.6) is 0 Å². The van der Waals surface area contributed by atoms with E-state index in [2.05, 4.69) is 15.1 Å². The van der Waals surface area contributed by atoms with Gasteiger partial charge in [0.1, 0.15) is 6.04 Å². The molecule has 4 rings (SSSR count). The summed E-state index contributed by atoms with van der Waals surface area (Å²) >= 11 is 0. The average Bonchev–Trinajstić information content (AvgIpc) is 3.18. The number of amides is 1. The first-order valence-corrected chi connectivity index (χ1v) is 7.27. The van der Waals surface area contributed by atoms with Crippen LogP contribution in [0, 0.1) is 0 Å². The van der Waals surface area contributed by atoms with Crippen LogP contribution >= 0.6 is 0 Å². The second-order valence-corrected chi connectivity index (χ2v) is 5.58. The first-order valence-electron chi connectivity index (χ1n) is 7.27. The van der Waals surface area contributed by atoms with Crippen LogP contribution in [-0.2, 0) is 17.4 Å². The van der Waals surface area contributed by atoms with E-state index in [0.717, 1.165) is 11.8 Å². The van der Waals surface area contributed by atoms with Crippen molar-refractivity contribution in [2.75, 3.05) is 6.54 Å². The van der Waals surface area contributed by atoms with Crippen molar-refractivity contribution >= 4 is 11.9 Å². The van der Waals surface area contributed by atoms with Crippen molar-refractivity contribution in [3.63, 3.8) is 0 Å². The molecule has 1 aliphatic heterocycles. The highest BCUT2D eigenvalue weighted by Crippen LogP contribution is 2.36. The number of halogens is 3. The smallest absolute Gasteiger partial charge is 0.348 e. The van der Waals surface area contributed by atoms with Crippen LogP contribution in [-0.4, -0.2) is 37.4 Å². The zero-order valence-electron chi connectivity index (χ0n) is 12.3. The largest absolute Gasteiger partial charge is 0.418 e. The minimum atomic E-state index is -4.48. The summed E-state index contributed by atoms with van der Waals surface area (Å²) in [4.78, 5) is 20.1. The van der Waals surface area contributed by atoms with Gasteiger partial charge in [-0.3, -0.25) is 4.79 Å². The van der Waals surface area contributed by atoms with Gasteiger partial charge in [-0.05, 0) is 18.2 Å². The predicted molar refractivity (Wildman–Crippen MR) is 77.1 cm³/mol. The van der Waals surface area contributed by atoms with Crippen LogP contribution in [0.15, 0.2) is 30.7 Å². The van der Waals surface area contributed by atoms with Crippen LogP contribution in [0.2, 0.25) is 0 Å². The van der Waals surface area contributed by atoms with E-state index in [-0.39, 0.29) is 5.52 Å². The number of alkyl halides is 3. The molecule has 0 spiro atoms. The van der Waals surface area contributed by atoms with Gasteiger partial charge in [0.05, 0.1) is 28.8 Å². The summed E-state index contributed by atoms with van der Waals surface area (Å²) in [7, 11) is 0. The fourth-order valence-corrected chi connectivity index (χ4v) is 3.13. The van der Waals surface area contributed by atoms with E-state index in [9.17, 15) is 18.0 Å². The van der Waals surface area contributed by atoms with Crippen molar-refractivity contribution in [2.45, 2.75) is 18.6 Å². The number of nitrogens with one attached hydrogen (secondary N) is 1. The van der Waals surface area contributed by atoms with E-state index >= 15 is 0 Å². The Labute approximate surface area is 133 Å². The molecule has 3 aromatic heterocycles. The molecule has 1 amide bonds. The number of rotatable bonds is 2. The van der Waals surface area contributed by atoms with Crippen molar-refractivity contribution in [1.82, 2.24) is 24.5 Å². The van der Waals surface area contributed by atoms with E-state index in [1.54, 1.807) is 0 Å². The first kappa shape index (κ1) is 14.7. The first-order chi connectivity index (χ1) is 11.5. The number of nitrogens with zero attached hydrogens (tertiary/aromatic N) is 4. The van der Waals surface area contributed by atoms with Gasteiger partial charge in [0, 0.05) is 24.9 Å². The van der Waals surface area contributed by atoms with Gasteiger partial charge in [0.25, 0.3) is 0 Å². The van der Waals surface area contributed by atoms with Crippen LogP contribution < -0.4 is 0 Å². The maximum Gasteiger partial charge on any atom is 0.418 e. The number of pyridine rings is 1. The van der Waals surface area contributed by atoms with Gasteiger partial charge in [-0.1, -0.05) is 0 Å².